The first-order valence-electron chi connectivity index (χ1n) is 9.24. The molecular weight excluding hydrogens is 437 g/mol. The van der Waals surface area contributed by atoms with Gasteiger partial charge < -0.3 is 5.73 Å². The van der Waals surface area contributed by atoms with Gasteiger partial charge in [0.1, 0.15) is 11.5 Å². The summed E-state index contributed by atoms with van der Waals surface area (Å²) in [6.45, 7) is 1.63. The van der Waals surface area contributed by atoms with Crippen LogP contribution in [0.2, 0.25) is 0 Å². The topological polar surface area (TPSA) is 180 Å². The normalized spacial score (nSPS) is 11.4. The van der Waals surface area contributed by atoms with Gasteiger partial charge in [-0.3, -0.25) is 14.9 Å². The van der Waals surface area contributed by atoms with Gasteiger partial charge in [0.25, 0.3) is 11.6 Å². The monoisotopic (exact) mass is 451 g/mol. The number of hydrazone groups is 1. The van der Waals surface area contributed by atoms with Crippen LogP contribution in [0.3, 0.4) is 0 Å². The second-order valence-electron chi connectivity index (χ2n) is 6.62. The van der Waals surface area contributed by atoms with Crippen LogP contribution < -0.4 is 11.2 Å². The third-order valence-electron chi connectivity index (χ3n) is 4.52. The highest BCUT2D eigenvalue weighted by atomic mass is 19.1. The summed E-state index contributed by atoms with van der Waals surface area (Å²) >= 11 is 0. The molecule has 0 radical (unpaired) electrons. The second kappa shape index (κ2) is 8.62. The van der Waals surface area contributed by atoms with Crippen LogP contribution in [0, 0.1) is 15.9 Å². The molecule has 0 saturated heterocycles. The number of nitrogens with two attached hydrogens (primary N) is 1. The lowest BCUT2D eigenvalue weighted by molar-refractivity contribution is -0.384. The average Bonchev–Trinajstić information content (AvgIpc) is 3.43. The van der Waals surface area contributed by atoms with Gasteiger partial charge in [-0.05, 0) is 47.1 Å². The number of nitrogen functional groups attached to an aromatic ring is 1. The largest absolute Gasteiger partial charge is 0.378 e. The van der Waals surface area contributed by atoms with E-state index >= 15 is 0 Å². The zero-order chi connectivity index (χ0) is 23.5. The van der Waals surface area contributed by atoms with Gasteiger partial charge in [0.15, 0.2) is 5.69 Å². The zero-order valence-electron chi connectivity index (χ0n) is 16.8. The molecule has 0 spiro atoms. The van der Waals surface area contributed by atoms with Gasteiger partial charge in [-0.2, -0.15) is 9.78 Å². The number of nitro benzene ring substituents is 1. The minimum absolute atomic E-state index is 0.0269. The van der Waals surface area contributed by atoms with E-state index < -0.39 is 16.6 Å². The number of hydrogen-bond acceptors (Lipinski definition) is 10. The van der Waals surface area contributed by atoms with Crippen molar-refractivity contribution >= 4 is 23.1 Å². The Balaban J connectivity index is 1.72. The van der Waals surface area contributed by atoms with Crippen molar-refractivity contribution < 1.29 is 18.7 Å². The van der Waals surface area contributed by atoms with E-state index in [4.69, 9.17) is 5.73 Å². The van der Waals surface area contributed by atoms with Crippen LogP contribution in [-0.4, -0.2) is 41.8 Å². The van der Waals surface area contributed by atoms with E-state index in [1.165, 1.54) is 48.5 Å². The Morgan fingerprint density at radius 2 is 1.88 bits per heavy atom. The highest BCUT2D eigenvalue weighted by Gasteiger charge is 2.25. The first kappa shape index (κ1) is 21.2. The van der Waals surface area contributed by atoms with Crippen molar-refractivity contribution in [1.29, 1.82) is 0 Å². The van der Waals surface area contributed by atoms with Crippen LogP contribution in [0.1, 0.15) is 23.0 Å². The molecule has 0 atom stereocenters. The van der Waals surface area contributed by atoms with Gasteiger partial charge in [-0.25, -0.2) is 14.4 Å². The number of non-ortho nitro benzene ring substituents is 1. The lowest BCUT2D eigenvalue weighted by Crippen LogP contribution is -2.21. The van der Waals surface area contributed by atoms with Crippen LogP contribution >= 0.6 is 0 Å². The lowest BCUT2D eigenvalue weighted by Gasteiger charge is -2.06. The number of halogens is 1. The number of benzene rings is 2. The van der Waals surface area contributed by atoms with Crippen LogP contribution in [0.15, 0.2) is 58.3 Å². The predicted molar refractivity (Wildman–Crippen MR) is 112 cm³/mol. The third kappa shape index (κ3) is 4.25. The van der Waals surface area contributed by atoms with Gasteiger partial charge in [-0.15, -0.1) is 5.10 Å². The van der Waals surface area contributed by atoms with Crippen molar-refractivity contribution in [1.82, 2.24) is 30.7 Å². The third-order valence-corrected chi connectivity index (χ3v) is 4.52. The van der Waals surface area contributed by atoms with E-state index in [1.807, 2.05) is 0 Å². The van der Waals surface area contributed by atoms with Crippen LogP contribution in [0.5, 0.6) is 0 Å². The first-order chi connectivity index (χ1) is 15.8. The average molecular weight is 451 g/mol. The maximum Gasteiger partial charge on any atom is 0.294 e. The van der Waals surface area contributed by atoms with Crippen LogP contribution in [-0.2, 0) is 0 Å². The minimum Gasteiger partial charge on any atom is -0.378 e. The fourth-order valence-electron chi connectivity index (χ4n) is 2.86. The Hall–Kier alpha value is -5.01. The summed E-state index contributed by atoms with van der Waals surface area (Å²) in [5, 5.41) is 30.0. The van der Waals surface area contributed by atoms with Crippen molar-refractivity contribution in [2.24, 2.45) is 5.10 Å². The summed E-state index contributed by atoms with van der Waals surface area (Å²) in [6.07, 6.45) is 0. The van der Waals surface area contributed by atoms with E-state index in [0.29, 0.717) is 16.8 Å². The van der Waals surface area contributed by atoms with Gasteiger partial charge >= 0.3 is 0 Å². The molecule has 4 rings (SSSR count). The Labute approximate surface area is 183 Å². The molecule has 0 aliphatic rings. The summed E-state index contributed by atoms with van der Waals surface area (Å²) in [6, 6.07) is 10.9. The summed E-state index contributed by atoms with van der Waals surface area (Å²) in [4.78, 5) is 23.3. The number of rotatable bonds is 6. The maximum atomic E-state index is 13.1. The lowest BCUT2D eigenvalue weighted by atomic mass is 10.1. The number of carbonyl (C=O) groups is 1. The summed E-state index contributed by atoms with van der Waals surface area (Å²) in [5.41, 5.74) is 9.29. The molecule has 166 valence electrons. The SMILES string of the molecule is CC(=NNC(=O)c1nnn(-c2nonc2N)c1-c1ccc([N+](=O)[O-])cc1)c1ccc(F)cc1. The fourth-order valence-corrected chi connectivity index (χ4v) is 2.86. The Morgan fingerprint density at radius 3 is 2.48 bits per heavy atom. The van der Waals surface area contributed by atoms with Crippen molar-refractivity contribution in [3.63, 3.8) is 0 Å². The van der Waals surface area contributed by atoms with Crippen LogP contribution in [0.4, 0.5) is 15.9 Å². The molecule has 0 fully saturated rings. The molecule has 2 aromatic carbocycles. The maximum absolute atomic E-state index is 13.1. The Morgan fingerprint density at radius 1 is 1.18 bits per heavy atom. The number of nitrogens with zero attached hydrogens (tertiary/aromatic N) is 7. The number of nitrogens with one attached hydrogen (secondary N) is 1. The Kier molecular flexibility index (Phi) is 5.55. The summed E-state index contributed by atoms with van der Waals surface area (Å²) < 4.78 is 18.8. The number of amides is 1. The van der Waals surface area contributed by atoms with Gasteiger partial charge in [0.2, 0.25) is 11.6 Å². The molecular formula is C19H14FN9O4. The van der Waals surface area contributed by atoms with Crippen molar-refractivity contribution in [2.45, 2.75) is 6.92 Å². The number of hydrogen-bond donors (Lipinski definition) is 2. The van der Waals surface area contributed by atoms with Crippen molar-refractivity contribution in [3.05, 3.63) is 75.7 Å². The fraction of sp³-hybridized carbons (Fsp3) is 0.0526. The highest BCUT2D eigenvalue weighted by Crippen LogP contribution is 2.28. The zero-order valence-corrected chi connectivity index (χ0v) is 16.8. The standard InChI is InChI=1S/C19H14FN9O4/c1-10(11-2-6-13(20)7-3-11)22-24-19(30)15-16(12-4-8-14(9-5-12)29(31)32)28(27-23-15)18-17(21)25-33-26-18/h2-9H,1H3,(H2,21,25)(H,24,30). The first-order valence-corrected chi connectivity index (χ1v) is 9.24. The molecule has 2 heterocycles. The van der Waals surface area contributed by atoms with Crippen molar-refractivity contribution in [3.8, 4) is 17.1 Å². The number of carbonyl (C=O) groups excluding carboxylic acids is 1. The summed E-state index contributed by atoms with van der Waals surface area (Å²) in [5.74, 6) is -1.27. The molecule has 1 amide bonds. The quantitative estimate of drug-likeness (QED) is 0.252. The predicted octanol–water partition coefficient (Wildman–Crippen LogP) is 2.10. The molecule has 0 aliphatic carbocycles. The Bertz CT molecular complexity index is 1360. The molecule has 0 bridgehead atoms. The molecule has 0 aliphatic heterocycles. The molecule has 33 heavy (non-hydrogen) atoms. The van der Waals surface area contributed by atoms with Gasteiger partial charge in [0, 0.05) is 17.7 Å². The minimum atomic E-state index is -0.730. The van der Waals surface area contributed by atoms with E-state index in [-0.39, 0.29) is 28.7 Å². The van der Waals surface area contributed by atoms with E-state index in [9.17, 15) is 19.3 Å². The smallest absolute Gasteiger partial charge is 0.294 e. The second-order valence-corrected chi connectivity index (χ2v) is 6.62. The molecule has 3 N–H and O–H groups in total. The molecule has 13 nitrogen and oxygen atoms in total. The molecule has 2 aromatic heterocycles. The molecule has 0 saturated carbocycles. The summed E-state index contributed by atoms with van der Waals surface area (Å²) in [7, 11) is 0. The molecule has 14 heteroatoms. The van der Waals surface area contributed by atoms with E-state index in [2.05, 4.69) is 35.8 Å². The van der Waals surface area contributed by atoms with Crippen molar-refractivity contribution in [2.75, 3.05) is 5.73 Å². The van der Waals surface area contributed by atoms with E-state index in [0.717, 1.165) is 4.68 Å². The van der Waals surface area contributed by atoms with Gasteiger partial charge in [-0.1, -0.05) is 17.3 Å². The molecule has 4 aromatic rings. The highest BCUT2D eigenvalue weighted by molar-refractivity contribution is 6.02. The molecule has 0 unspecified atom stereocenters. The van der Waals surface area contributed by atoms with Gasteiger partial charge in [0.05, 0.1) is 10.6 Å². The number of nitro groups is 1. The number of aromatic nitrogens is 5. The van der Waals surface area contributed by atoms with Crippen LogP contribution in [0.25, 0.3) is 17.1 Å². The van der Waals surface area contributed by atoms with E-state index in [1.54, 1.807) is 6.92 Å². The number of anilines is 1.